The van der Waals surface area contributed by atoms with Gasteiger partial charge in [0.2, 0.25) is 0 Å². The Balaban J connectivity index is 1.86. The second kappa shape index (κ2) is 6.90. The average Bonchev–Trinajstić information content (AvgIpc) is 3.14. The van der Waals surface area contributed by atoms with Gasteiger partial charge < -0.3 is 4.57 Å². The third kappa shape index (κ3) is 3.18. The van der Waals surface area contributed by atoms with E-state index in [9.17, 15) is 0 Å². The molecule has 0 radical (unpaired) electrons. The monoisotopic (exact) mass is 298 g/mol. The molecule has 2 aromatic heterocycles. The lowest BCUT2D eigenvalue weighted by Gasteiger charge is -2.08. The van der Waals surface area contributed by atoms with Crippen molar-refractivity contribution in [2.24, 2.45) is 0 Å². The minimum absolute atomic E-state index is 1.07. The van der Waals surface area contributed by atoms with Crippen molar-refractivity contribution < 1.29 is 0 Å². The van der Waals surface area contributed by atoms with Gasteiger partial charge in [-0.3, -0.25) is 0 Å². The van der Waals surface area contributed by atoms with Crippen LogP contribution in [0.1, 0.15) is 39.0 Å². The minimum Gasteiger partial charge on any atom is -0.323 e. The van der Waals surface area contributed by atoms with Crippen LogP contribution in [-0.2, 0) is 6.54 Å². The number of aryl methyl sites for hydroxylation is 1. The van der Waals surface area contributed by atoms with Crippen molar-refractivity contribution in [3.05, 3.63) is 41.8 Å². The molecule has 1 aromatic carbocycles. The fourth-order valence-electron chi connectivity index (χ4n) is 2.77. The van der Waals surface area contributed by atoms with Gasteiger partial charge in [0, 0.05) is 6.54 Å². The molecule has 3 rings (SSSR count). The number of rotatable bonds is 7. The number of hydrogen-bond donors (Lipinski definition) is 0. The molecule has 0 atom stereocenters. The first-order valence-corrected chi connectivity index (χ1v) is 8.77. The predicted octanol–water partition coefficient (Wildman–Crippen LogP) is 5.74. The number of hydrogen-bond acceptors (Lipinski definition) is 2. The summed E-state index contributed by atoms with van der Waals surface area (Å²) in [5.74, 6) is 1.13. The molecule has 110 valence electrons. The maximum Gasteiger partial charge on any atom is 0.151 e. The fourth-order valence-corrected chi connectivity index (χ4v) is 3.49. The molecule has 2 nitrogen and oxygen atoms in total. The maximum atomic E-state index is 4.84. The SMILES string of the molecule is CCCCCCCn1c(-c2cccs2)nc2ccccc21. The summed E-state index contributed by atoms with van der Waals surface area (Å²) in [6, 6.07) is 12.7. The van der Waals surface area contributed by atoms with Gasteiger partial charge in [-0.05, 0) is 30.0 Å². The molecule has 0 saturated heterocycles. The highest BCUT2D eigenvalue weighted by atomic mass is 32.1. The predicted molar refractivity (Wildman–Crippen MR) is 91.8 cm³/mol. The van der Waals surface area contributed by atoms with Crippen molar-refractivity contribution in [1.82, 2.24) is 9.55 Å². The Bertz CT molecular complexity index is 682. The smallest absolute Gasteiger partial charge is 0.151 e. The summed E-state index contributed by atoms with van der Waals surface area (Å²) in [6.45, 7) is 3.33. The molecule has 0 aliphatic rings. The Morgan fingerprint density at radius 1 is 1.00 bits per heavy atom. The zero-order valence-electron chi connectivity index (χ0n) is 12.6. The summed E-state index contributed by atoms with van der Waals surface area (Å²) in [4.78, 5) is 6.11. The van der Waals surface area contributed by atoms with Crippen LogP contribution < -0.4 is 0 Å². The molecular formula is C18H22N2S. The Morgan fingerprint density at radius 3 is 2.67 bits per heavy atom. The number of aromatic nitrogens is 2. The van der Waals surface area contributed by atoms with Gasteiger partial charge in [0.05, 0.1) is 15.9 Å². The Hall–Kier alpha value is -1.61. The number of nitrogens with zero attached hydrogens (tertiary/aromatic N) is 2. The van der Waals surface area contributed by atoms with Crippen LogP contribution in [0.15, 0.2) is 41.8 Å². The molecule has 2 heterocycles. The Kier molecular flexibility index (Phi) is 4.71. The lowest BCUT2D eigenvalue weighted by Crippen LogP contribution is -2.00. The molecule has 0 aliphatic heterocycles. The van der Waals surface area contributed by atoms with Gasteiger partial charge in [-0.1, -0.05) is 50.8 Å². The molecule has 0 unspecified atom stereocenters. The standard InChI is InChI=1S/C18H22N2S/c1-2-3-4-5-8-13-20-16-11-7-6-10-15(16)19-18(20)17-12-9-14-21-17/h6-7,9-12,14H,2-5,8,13H2,1H3. The average molecular weight is 298 g/mol. The first kappa shape index (κ1) is 14.3. The lowest BCUT2D eigenvalue weighted by molar-refractivity contribution is 0.578. The van der Waals surface area contributed by atoms with Crippen molar-refractivity contribution in [2.45, 2.75) is 45.6 Å². The molecule has 0 aliphatic carbocycles. The van der Waals surface area contributed by atoms with Gasteiger partial charge in [0.15, 0.2) is 5.82 Å². The van der Waals surface area contributed by atoms with Crippen LogP contribution in [0.3, 0.4) is 0 Å². The highest BCUT2D eigenvalue weighted by molar-refractivity contribution is 7.13. The molecule has 0 amide bonds. The first-order valence-electron chi connectivity index (χ1n) is 7.89. The quantitative estimate of drug-likeness (QED) is 0.509. The summed E-state index contributed by atoms with van der Waals surface area (Å²) >= 11 is 1.77. The van der Waals surface area contributed by atoms with Crippen LogP contribution in [0, 0.1) is 0 Å². The van der Waals surface area contributed by atoms with Crippen molar-refractivity contribution in [3.63, 3.8) is 0 Å². The summed E-state index contributed by atoms with van der Waals surface area (Å²) in [6.07, 6.45) is 6.54. The van der Waals surface area contributed by atoms with E-state index in [0.29, 0.717) is 0 Å². The number of para-hydroxylation sites is 2. The van der Waals surface area contributed by atoms with E-state index in [4.69, 9.17) is 4.98 Å². The van der Waals surface area contributed by atoms with E-state index in [-0.39, 0.29) is 0 Å². The van der Waals surface area contributed by atoms with E-state index in [1.54, 1.807) is 11.3 Å². The minimum atomic E-state index is 1.07. The van der Waals surface area contributed by atoms with Crippen LogP contribution in [0.4, 0.5) is 0 Å². The van der Waals surface area contributed by atoms with Gasteiger partial charge in [0.25, 0.3) is 0 Å². The van der Waals surface area contributed by atoms with E-state index in [1.807, 2.05) is 0 Å². The Morgan fingerprint density at radius 2 is 1.86 bits per heavy atom. The number of thiophene rings is 1. The Labute approximate surface area is 130 Å². The third-order valence-corrected chi connectivity index (χ3v) is 4.75. The molecule has 0 bridgehead atoms. The largest absolute Gasteiger partial charge is 0.323 e. The summed E-state index contributed by atoms with van der Waals surface area (Å²) in [7, 11) is 0. The van der Waals surface area contributed by atoms with E-state index >= 15 is 0 Å². The zero-order chi connectivity index (χ0) is 14.5. The van der Waals surface area contributed by atoms with Crippen molar-refractivity contribution in [1.29, 1.82) is 0 Å². The zero-order valence-corrected chi connectivity index (χ0v) is 13.4. The van der Waals surface area contributed by atoms with Gasteiger partial charge in [-0.25, -0.2) is 4.98 Å². The number of benzene rings is 1. The second-order valence-corrected chi connectivity index (χ2v) is 6.41. The summed E-state index contributed by atoms with van der Waals surface area (Å²) in [5.41, 5.74) is 2.37. The molecule has 0 spiro atoms. The topological polar surface area (TPSA) is 17.8 Å². The van der Waals surface area contributed by atoms with Gasteiger partial charge >= 0.3 is 0 Å². The van der Waals surface area contributed by atoms with Crippen LogP contribution >= 0.6 is 11.3 Å². The maximum absolute atomic E-state index is 4.84. The van der Waals surface area contributed by atoms with E-state index in [1.165, 1.54) is 42.5 Å². The van der Waals surface area contributed by atoms with E-state index in [0.717, 1.165) is 17.9 Å². The third-order valence-electron chi connectivity index (χ3n) is 3.88. The molecule has 0 saturated carbocycles. The van der Waals surface area contributed by atoms with Crippen LogP contribution in [0.5, 0.6) is 0 Å². The number of unbranched alkanes of at least 4 members (excludes halogenated alkanes) is 4. The molecule has 3 heteroatoms. The number of fused-ring (bicyclic) bond motifs is 1. The normalized spacial score (nSPS) is 11.3. The molecule has 0 N–H and O–H groups in total. The molecule has 21 heavy (non-hydrogen) atoms. The highest BCUT2D eigenvalue weighted by Gasteiger charge is 2.12. The summed E-state index contributed by atoms with van der Waals surface area (Å²) in [5, 5.41) is 2.13. The van der Waals surface area contributed by atoms with Crippen molar-refractivity contribution in [3.8, 4) is 10.7 Å². The number of imidazole rings is 1. The van der Waals surface area contributed by atoms with E-state index < -0.39 is 0 Å². The van der Waals surface area contributed by atoms with Crippen LogP contribution in [0.25, 0.3) is 21.7 Å². The van der Waals surface area contributed by atoms with Crippen LogP contribution in [0.2, 0.25) is 0 Å². The second-order valence-electron chi connectivity index (χ2n) is 5.47. The van der Waals surface area contributed by atoms with Gasteiger partial charge in [0.1, 0.15) is 0 Å². The van der Waals surface area contributed by atoms with Crippen molar-refractivity contribution >= 4 is 22.4 Å². The fraction of sp³-hybridized carbons (Fsp3) is 0.389. The van der Waals surface area contributed by atoms with Gasteiger partial charge in [-0.2, -0.15) is 0 Å². The van der Waals surface area contributed by atoms with Crippen LogP contribution in [-0.4, -0.2) is 9.55 Å². The summed E-state index contributed by atoms with van der Waals surface area (Å²) < 4.78 is 2.40. The molecular weight excluding hydrogens is 276 g/mol. The lowest BCUT2D eigenvalue weighted by atomic mass is 10.1. The first-order chi connectivity index (χ1) is 10.4. The highest BCUT2D eigenvalue weighted by Crippen LogP contribution is 2.28. The van der Waals surface area contributed by atoms with Crippen molar-refractivity contribution in [2.75, 3.05) is 0 Å². The molecule has 3 aromatic rings. The van der Waals surface area contributed by atoms with Gasteiger partial charge in [-0.15, -0.1) is 11.3 Å². The molecule has 0 fully saturated rings. The van der Waals surface area contributed by atoms with E-state index in [2.05, 4.69) is 53.3 Å².